The van der Waals surface area contributed by atoms with Crippen LogP contribution in [0.2, 0.25) is 0 Å². The van der Waals surface area contributed by atoms with Gasteiger partial charge in [0.05, 0.1) is 18.2 Å². The Balaban J connectivity index is 1.80. The predicted octanol–water partition coefficient (Wildman–Crippen LogP) is 2.87. The summed E-state index contributed by atoms with van der Waals surface area (Å²) in [5, 5.41) is 15.4. The van der Waals surface area contributed by atoms with Gasteiger partial charge in [-0.05, 0) is 69.9 Å². The van der Waals surface area contributed by atoms with Gasteiger partial charge < -0.3 is 15.5 Å². The van der Waals surface area contributed by atoms with Crippen molar-refractivity contribution in [3.05, 3.63) is 35.1 Å². The monoisotopic (exact) mass is 359 g/mol. The molecule has 1 aliphatic rings. The molecule has 0 amide bonds. The lowest BCUT2D eigenvalue weighted by atomic mass is 9.99. The van der Waals surface area contributed by atoms with Crippen molar-refractivity contribution in [2.45, 2.75) is 39.7 Å². The third-order valence-electron chi connectivity index (χ3n) is 4.75. The number of hydrogen-bond acceptors (Lipinski definition) is 3. The molecule has 0 atom stereocenters. The molecule has 1 aliphatic heterocycles. The van der Waals surface area contributed by atoms with Crippen molar-refractivity contribution in [2.24, 2.45) is 10.9 Å². The summed E-state index contributed by atoms with van der Waals surface area (Å²) in [7, 11) is 0. The number of nitrogens with zero attached hydrogens (tertiary/aromatic N) is 3. The Hall–Kier alpha value is -2.13. The second kappa shape index (κ2) is 10.8. The minimum Gasteiger partial charge on any atom is -0.357 e. The van der Waals surface area contributed by atoms with Gasteiger partial charge in [-0.1, -0.05) is 6.92 Å². The average molecular weight is 359 g/mol. The number of benzene rings is 1. The lowest BCUT2D eigenvalue weighted by Gasteiger charge is -2.30. The van der Waals surface area contributed by atoms with E-state index in [0.29, 0.717) is 17.1 Å². The normalized spacial score (nSPS) is 16.3. The van der Waals surface area contributed by atoms with Crippen LogP contribution in [-0.2, 0) is 6.54 Å². The Bertz CT molecular complexity index is 630. The van der Waals surface area contributed by atoms with Gasteiger partial charge in [-0.15, -0.1) is 0 Å². The first-order chi connectivity index (χ1) is 12.6. The fourth-order valence-electron chi connectivity index (χ4n) is 3.07. The summed E-state index contributed by atoms with van der Waals surface area (Å²) < 4.78 is 13.9. The number of nitrogens with one attached hydrogen (secondary N) is 2. The van der Waals surface area contributed by atoms with E-state index in [4.69, 9.17) is 5.26 Å². The van der Waals surface area contributed by atoms with Gasteiger partial charge in [0.25, 0.3) is 0 Å². The van der Waals surface area contributed by atoms with E-state index in [1.807, 2.05) is 13.0 Å². The van der Waals surface area contributed by atoms with E-state index in [1.54, 1.807) is 6.07 Å². The van der Waals surface area contributed by atoms with Crippen molar-refractivity contribution in [2.75, 3.05) is 32.7 Å². The van der Waals surface area contributed by atoms with E-state index >= 15 is 0 Å². The zero-order valence-corrected chi connectivity index (χ0v) is 15.9. The molecule has 0 radical (unpaired) electrons. The minimum atomic E-state index is -0.331. The highest BCUT2D eigenvalue weighted by Crippen LogP contribution is 2.15. The fourth-order valence-corrected chi connectivity index (χ4v) is 3.07. The number of halogens is 1. The van der Waals surface area contributed by atoms with E-state index in [0.717, 1.165) is 32.0 Å². The summed E-state index contributed by atoms with van der Waals surface area (Å²) >= 11 is 0. The second-order valence-electron chi connectivity index (χ2n) is 6.92. The molecule has 0 spiro atoms. The maximum absolute atomic E-state index is 13.9. The van der Waals surface area contributed by atoms with Crippen molar-refractivity contribution in [3.63, 3.8) is 0 Å². The van der Waals surface area contributed by atoms with E-state index in [9.17, 15) is 4.39 Å². The third kappa shape index (κ3) is 6.64. The molecule has 0 aromatic heterocycles. The highest BCUT2D eigenvalue weighted by atomic mass is 19.1. The molecule has 142 valence electrons. The van der Waals surface area contributed by atoms with Gasteiger partial charge in [0.15, 0.2) is 5.96 Å². The molecule has 1 heterocycles. The molecular formula is C20H30FN5. The van der Waals surface area contributed by atoms with Crippen LogP contribution in [0.3, 0.4) is 0 Å². The molecule has 2 N–H and O–H groups in total. The molecule has 1 fully saturated rings. The van der Waals surface area contributed by atoms with Crippen LogP contribution < -0.4 is 10.6 Å². The molecule has 0 bridgehead atoms. The summed E-state index contributed by atoms with van der Waals surface area (Å²) in [6.45, 7) is 9.61. The average Bonchev–Trinajstić information content (AvgIpc) is 2.65. The summed E-state index contributed by atoms with van der Waals surface area (Å²) in [6, 6.07) is 6.39. The lowest BCUT2D eigenvalue weighted by molar-refractivity contribution is 0.191. The lowest BCUT2D eigenvalue weighted by Crippen LogP contribution is -2.39. The number of rotatable bonds is 7. The van der Waals surface area contributed by atoms with Crippen LogP contribution in [0.15, 0.2) is 23.2 Å². The zero-order valence-electron chi connectivity index (χ0n) is 15.9. The number of nitriles is 1. The van der Waals surface area contributed by atoms with Gasteiger partial charge in [0, 0.05) is 18.7 Å². The Labute approximate surface area is 156 Å². The van der Waals surface area contributed by atoms with E-state index < -0.39 is 0 Å². The molecule has 5 nitrogen and oxygen atoms in total. The molecule has 6 heteroatoms. The van der Waals surface area contributed by atoms with Crippen molar-refractivity contribution in [1.29, 1.82) is 5.26 Å². The van der Waals surface area contributed by atoms with Crippen LogP contribution in [0.4, 0.5) is 4.39 Å². The molecular weight excluding hydrogens is 329 g/mol. The third-order valence-corrected chi connectivity index (χ3v) is 4.75. The number of aliphatic imine (C=N–C) groups is 1. The van der Waals surface area contributed by atoms with Crippen LogP contribution in [0.25, 0.3) is 0 Å². The van der Waals surface area contributed by atoms with Crippen LogP contribution in [0, 0.1) is 23.1 Å². The maximum Gasteiger partial charge on any atom is 0.191 e. The Morgan fingerprint density at radius 3 is 2.81 bits per heavy atom. The molecule has 0 saturated carbocycles. The fraction of sp³-hybridized carbons (Fsp3) is 0.600. The molecule has 1 aromatic rings. The first-order valence-electron chi connectivity index (χ1n) is 9.55. The smallest absolute Gasteiger partial charge is 0.191 e. The molecule has 2 rings (SSSR count). The topological polar surface area (TPSA) is 63.5 Å². The van der Waals surface area contributed by atoms with Crippen LogP contribution in [-0.4, -0.2) is 43.6 Å². The SMILES string of the molecule is CCNC(=NCc1cc(C#N)ccc1F)NCCCN1CCC(C)CC1. The van der Waals surface area contributed by atoms with Crippen molar-refractivity contribution >= 4 is 5.96 Å². The summed E-state index contributed by atoms with van der Waals surface area (Å²) in [4.78, 5) is 6.97. The van der Waals surface area contributed by atoms with Crippen molar-refractivity contribution in [3.8, 4) is 6.07 Å². The first-order valence-corrected chi connectivity index (χ1v) is 9.55. The minimum absolute atomic E-state index is 0.209. The Morgan fingerprint density at radius 2 is 2.12 bits per heavy atom. The quantitative estimate of drug-likeness (QED) is 0.446. The molecule has 26 heavy (non-hydrogen) atoms. The van der Waals surface area contributed by atoms with Gasteiger partial charge in [-0.2, -0.15) is 5.26 Å². The predicted molar refractivity (Wildman–Crippen MR) is 103 cm³/mol. The standard InChI is InChI=1S/C20H30FN5/c1-3-23-20(24-9-4-10-26-11-7-16(2)8-12-26)25-15-18-13-17(14-22)5-6-19(18)21/h5-6,13,16H,3-4,7-12,15H2,1-2H3,(H2,23,24,25). The van der Waals surface area contributed by atoms with E-state index in [-0.39, 0.29) is 12.4 Å². The first kappa shape index (κ1) is 20.2. The zero-order chi connectivity index (χ0) is 18.8. The molecule has 0 aliphatic carbocycles. The van der Waals surface area contributed by atoms with Crippen LogP contribution in [0.5, 0.6) is 0 Å². The van der Waals surface area contributed by atoms with Gasteiger partial charge >= 0.3 is 0 Å². The van der Waals surface area contributed by atoms with E-state index in [2.05, 4.69) is 27.4 Å². The molecule has 1 saturated heterocycles. The molecule has 1 aromatic carbocycles. The van der Waals surface area contributed by atoms with E-state index in [1.165, 1.54) is 38.1 Å². The summed E-state index contributed by atoms with van der Waals surface area (Å²) in [6.07, 6.45) is 3.65. The number of likely N-dealkylation sites (tertiary alicyclic amines) is 1. The Kier molecular flexibility index (Phi) is 8.36. The highest BCUT2D eigenvalue weighted by molar-refractivity contribution is 5.79. The summed E-state index contributed by atoms with van der Waals surface area (Å²) in [5.74, 6) is 1.21. The number of piperidine rings is 1. The van der Waals surface area contributed by atoms with Gasteiger partial charge in [0.1, 0.15) is 5.82 Å². The van der Waals surface area contributed by atoms with Gasteiger partial charge in [0.2, 0.25) is 0 Å². The Morgan fingerprint density at radius 1 is 1.35 bits per heavy atom. The number of guanidine groups is 1. The van der Waals surface area contributed by atoms with Gasteiger partial charge in [-0.25, -0.2) is 9.38 Å². The van der Waals surface area contributed by atoms with Crippen LogP contribution in [0.1, 0.15) is 44.2 Å². The summed E-state index contributed by atoms with van der Waals surface area (Å²) in [5.41, 5.74) is 0.883. The highest BCUT2D eigenvalue weighted by Gasteiger charge is 2.14. The second-order valence-corrected chi connectivity index (χ2v) is 6.92. The maximum atomic E-state index is 13.9. The largest absolute Gasteiger partial charge is 0.357 e. The van der Waals surface area contributed by atoms with Crippen LogP contribution >= 0.6 is 0 Å². The van der Waals surface area contributed by atoms with Crippen molar-refractivity contribution < 1.29 is 4.39 Å². The van der Waals surface area contributed by atoms with Gasteiger partial charge in [-0.3, -0.25) is 0 Å². The van der Waals surface area contributed by atoms with Crippen molar-refractivity contribution in [1.82, 2.24) is 15.5 Å². The number of hydrogen-bond donors (Lipinski definition) is 2. The molecule has 0 unspecified atom stereocenters.